The van der Waals surface area contributed by atoms with Crippen molar-refractivity contribution in [3.63, 3.8) is 0 Å². The lowest BCUT2D eigenvalue weighted by molar-refractivity contribution is -0.274. The van der Waals surface area contributed by atoms with Gasteiger partial charge in [0.05, 0.1) is 22.3 Å². The van der Waals surface area contributed by atoms with Gasteiger partial charge in [-0.15, -0.1) is 13.2 Å². The summed E-state index contributed by atoms with van der Waals surface area (Å²) in [5.74, 6) is -0.861. The summed E-state index contributed by atoms with van der Waals surface area (Å²) in [5, 5.41) is 0. The number of alkyl halides is 8. The molecule has 0 atom stereocenters. The lowest BCUT2D eigenvalue weighted by Crippen LogP contribution is -2.23. The SMILES string of the molecule is Nc1c(-c2ccc(OC(F)(F)F)cc2)c(=O)n(-c2ccc(OC(F)F)cc2)c2cc(C(F)(F)F)cnc12. The third kappa shape index (κ3) is 5.42. The molecule has 2 aromatic heterocycles. The van der Waals surface area contributed by atoms with Gasteiger partial charge in [0.2, 0.25) is 0 Å². The number of pyridine rings is 2. The fourth-order valence-corrected chi connectivity index (χ4v) is 3.58. The second kappa shape index (κ2) is 9.26. The summed E-state index contributed by atoms with van der Waals surface area (Å²) >= 11 is 0. The third-order valence-corrected chi connectivity index (χ3v) is 5.07. The second-order valence-electron chi connectivity index (χ2n) is 7.46. The minimum atomic E-state index is -4.96. The maximum Gasteiger partial charge on any atom is 0.573 e. The smallest absolute Gasteiger partial charge is 0.435 e. The Kier molecular flexibility index (Phi) is 6.44. The Balaban J connectivity index is 1.96. The Labute approximate surface area is 201 Å². The number of nitrogens with zero attached hydrogens (tertiary/aromatic N) is 2. The summed E-state index contributed by atoms with van der Waals surface area (Å²) < 4.78 is 112. The van der Waals surface area contributed by atoms with Gasteiger partial charge in [0.25, 0.3) is 5.56 Å². The van der Waals surface area contributed by atoms with Crippen molar-refractivity contribution in [3.8, 4) is 28.3 Å². The van der Waals surface area contributed by atoms with Crippen molar-refractivity contribution in [2.75, 3.05) is 5.73 Å². The van der Waals surface area contributed by atoms with Crippen LogP contribution in [0, 0.1) is 0 Å². The van der Waals surface area contributed by atoms with Crippen molar-refractivity contribution >= 4 is 16.7 Å². The van der Waals surface area contributed by atoms with Gasteiger partial charge in [0, 0.05) is 11.9 Å². The van der Waals surface area contributed by atoms with E-state index in [1.54, 1.807) is 0 Å². The topological polar surface area (TPSA) is 79.4 Å². The lowest BCUT2D eigenvalue weighted by Gasteiger charge is -2.17. The summed E-state index contributed by atoms with van der Waals surface area (Å²) in [6.07, 6.45) is -9.27. The van der Waals surface area contributed by atoms with E-state index in [1.807, 2.05) is 0 Å². The third-order valence-electron chi connectivity index (χ3n) is 5.07. The Morgan fingerprint density at radius 3 is 2.03 bits per heavy atom. The van der Waals surface area contributed by atoms with E-state index in [4.69, 9.17) is 5.73 Å². The first-order valence-corrected chi connectivity index (χ1v) is 10.1. The largest absolute Gasteiger partial charge is 0.573 e. The van der Waals surface area contributed by atoms with E-state index in [0.29, 0.717) is 12.3 Å². The van der Waals surface area contributed by atoms with Crippen molar-refractivity contribution in [1.82, 2.24) is 9.55 Å². The van der Waals surface area contributed by atoms with E-state index in [2.05, 4.69) is 14.5 Å². The molecule has 0 radical (unpaired) electrons. The number of aromatic nitrogens is 2. The molecule has 0 amide bonds. The molecule has 37 heavy (non-hydrogen) atoms. The number of halogens is 8. The van der Waals surface area contributed by atoms with E-state index in [-0.39, 0.29) is 39.3 Å². The number of ether oxygens (including phenoxy) is 2. The van der Waals surface area contributed by atoms with Crippen molar-refractivity contribution in [2.24, 2.45) is 0 Å². The van der Waals surface area contributed by atoms with Crippen molar-refractivity contribution in [1.29, 1.82) is 0 Å². The van der Waals surface area contributed by atoms with E-state index in [1.165, 1.54) is 0 Å². The summed E-state index contributed by atoms with van der Waals surface area (Å²) in [7, 11) is 0. The molecule has 2 N–H and O–H groups in total. The van der Waals surface area contributed by atoms with E-state index >= 15 is 0 Å². The molecule has 14 heteroatoms. The minimum absolute atomic E-state index is 0.0204. The van der Waals surface area contributed by atoms with Gasteiger partial charge >= 0.3 is 19.2 Å². The highest BCUT2D eigenvalue weighted by molar-refractivity contribution is 5.96. The molecule has 0 spiro atoms. The van der Waals surface area contributed by atoms with Gasteiger partial charge in [-0.2, -0.15) is 22.0 Å². The van der Waals surface area contributed by atoms with Crippen LogP contribution >= 0.6 is 0 Å². The molecule has 0 aliphatic heterocycles. The van der Waals surface area contributed by atoms with Crippen LogP contribution in [0.4, 0.5) is 40.8 Å². The molecular weight excluding hydrogens is 518 g/mol. The van der Waals surface area contributed by atoms with Crippen molar-refractivity contribution in [2.45, 2.75) is 19.2 Å². The van der Waals surface area contributed by atoms with Gasteiger partial charge in [-0.1, -0.05) is 12.1 Å². The first kappa shape index (κ1) is 25.7. The number of rotatable bonds is 5. The highest BCUT2D eigenvalue weighted by atomic mass is 19.4. The predicted molar refractivity (Wildman–Crippen MR) is 116 cm³/mol. The van der Waals surface area contributed by atoms with Crippen LogP contribution in [-0.4, -0.2) is 22.5 Å². The van der Waals surface area contributed by atoms with Crippen LogP contribution in [0.15, 0.2) is 65.6 Å². The number of benzene rings is 2. The molecular formula is C23H13F8N3O3. The Morgan fingerprint density at radius 1 is 0.892 bits per heavy atom. The lowest BCUT2D eigenvalue weighted by atomic mass is 10.0. The predicted octanol–water partition coefficient (Wildman–Crippen LogP) is 6.15. The van der Waals surface area contributed by atoms with E-state index < -0.39 is 36.0 Å². The fraction of sp³-hybridized carbons (Fsp3) is 0.130. The monoisotopic (exact) mass is 531 g/mol. The zero-order chi connectivity index (χ0) is 27.1. The van der Waals surface area contributed by atoms with Gasteiger partial charge in [0.15, 0.2) is 0 Å². The average molecular weight is 531 g/mol. The fourth-order valence-electron chi connectivity index (χ4n) is 3.58. The molecule has 0 aliphatic carbocycles. The molecule has 0 bridgehead atoms. The van der Waals surface area contributed by atoms with Crippen LogP contribution in [0.1, 0.15) is 5.56 Å². The number of nitrogens with two attached hydrogens (primary N) is 1. The van der Waals surface area contributed by atoms with Crippen LogP contribution < -0.4 is 20.8 Å². The Hall–Kier alpha value is -4.36. The quantitative estimate of drug-likeness (QED) is 0.313. The molecule has 0 aliphatic rings. The minimum Gasteiger partial charge on any atom is -0.435 e. The number of anilines is 1. The van der Waals surface area contributed by atoms with Crippen LogP contribution in [-0.2, 0) is 6.18 Å². The molecule has 194 valence electrons. The molecule has 0 saturated carbocycles. The molecule has 2 aromatic carbocycles. The molecule has 0 saturated heterocycles. The number of fused-ring (bicyclic) bond motifs is 1. The summed E-state index contributed by atoms with van der Waals surface area (Å²) in [5.41, 5.74) is 2.78. The normalized spacial score (nSPS) is 12.2. The summed E-state index contributed by atoms with van der Waals surface area (Å²) in [6, 6.07) is 9.15. The Bertz CT molecular complexity index is 1500. The van der Waals surface area contributed by atoms with Gasteiger partial charge in [-0.25, -0.2) is 0 Å². The number of hydrogen-bond acceptors (Lipinski definition) is 5. The van der Waals surface area contributed by atoms with Crippen LogP contribution in [0.3, 0.4) is 0 Å². The second-order valence-corrected chi connectivity index (χ2v) is 7.46. The average Bonchev–Trinajstić information content (AvgIpc) is 2.79. The maximum absolute atomic E-state index is 13.6. The molecule has 6 nitrogen and oxygen atoms in total. The van der Waals surface area contributed by atoms with E-state index in [0.717, 1.165) is 53.1 Å². The highest BCUT2D eigenvalue weighted by Crippen LogP contribution is 2.35. The van der Waals surface area contributed by atoms with Crippen LogP contribution in [0.2, 0.25) is 0 Å². The molecule has 4 aromatic rings. The zero-order valence-electron chi connectivity index (χ0n) is 18.1. The summed E-state index contributed by atoms with van der Waals surface area (Å²) in [4.78, 5) is 17.3. The number of nitrogen functional groups attached to an aromatic ring is 1. The first-order chi connectivity index (χ1) is 17.2. The van der Waals surface area contributed by atoms with Gasteiger partial charge < -0.3 is 15.2 Å². The molecule has 0 unspecified atom stereocenters. The summed E-state index contributed by atoms with van der Waals surface area (Å²) in [6.45, 7) is -3.14. The van der Waals surface area contributed by atoms with Gasteiger partial charge in [-0.3, -0.25) is 14.3 Å². The first-order valence-electron chi connectivity index (χ1n) is 10.1. The highest BCUT2D eigenvalue weighted by Gasteiger charge is 2.33. The number of hydrogen-bond donors (Lipinski definition) is 1. The molecule has 2 heterocycles. The van der Waals surface area contributed by atoms with Crippen molar-refractivity contribution in [3.05, 3.63) is 76.7 Å². The van der Waals surface area contributed by atoms with Gasteiger partial charge in [0.1, 0.15) is 17.0 Å². The molecule has 0 fully saturated rings. The Morgan fingerprint density at radius 2 is 1.49 bits per heavy atom. The van der Waals surface area contributed by atoms with E-state index in [9.17, 15) is 39.9 Å². The standard InChI is InChI=1S/C23H13F8N3O3/c24-21(25)36-14-7-3-13(4-8-14)34-16-9-12(22(26,27)28)10-33-19(16)18(32)17(20(34)35)11-1-5-15(6-2-11)37-23(29,30)31/h1-10,21H,32H2. The maximum atomic E-state index is 13.6. The van der Waals surface area contributed by atoms with Crippen molar-refractivity contribution < 1.29 is 44.6 Å². The van der Waals surface area contributed by atoms with Gasteiger partial charge in [-0.05, 0) is 48.0 Å². The zero-order valence-corrected chi connectivity index (χ0v) is 18.1. The van der Waals surface area contributed by atoms with Crippen LogP contribution in [0.5, 0.6) is 11.5 Å². The molecule has 4 rings (SSSR count). The van der Waals surface area contributed by atoms with Crippen LogP contribution in [0.25, 0.3) is 27.8 Å².